The first-order chi connectivity index (χ1) is 14.2. The predicted octanol–water partition coefficient (Wildman–Crippen LogP) is 3.97. The lowest BCUT2D eigenvalue weighted by molar-refractivity contribution is 0.623. The molecule has 2 heterocycles. The number of aromatic nitrogens is 2. The fraction of sp³-hybridized carbons (Fsp3) is 0.304. The molecule has 1 aliphatic rings. The number of rotatable bonds is 6. The summed E-state index contributed by atoms with van der Waals surface area (Å²) in [6.07, 6.45) is 1.84. The van der Waals surface area contributed by atoms with E-state index in [2.05, 4.69) is 50.9 Å². The molecule has 0 saturated carbocycles. The zero-order chi connectivity index (χ0) is 20.1. The molecule has 0 N–H and O–H groups in total. The number of hydrogen-bond donors (Lipinski definition) is 0. The van der Waals surface area contributed by atoms with Crippen molar-refractivity contribution in [1.82, 2.24) is 9.97 Å². The molecule has 0 unspecified atom stereocenters. The van der Waals surface area contributed by atoms with Crippen LogP contribution >= 0.6 is 0 Å². The minimum atomic E-state index is -0.200. The van der Waals surface area contributed by atoms with E-state index in [1.165, 1.54) is 17.7 Å². The van der Waals surface area contributed by atoms with E-state index >= 15 is 0 Å². The topological polar surface area (TPSA) is 35.5 Å². The number of piperazine rings is 1. The molecule has 0 amide bonds. The summed E-state index contributed by atoms with van der Waals surface area (Å²) < 4.78 is 13.2. The van der Waals surface area contributed by atoms with Gasteiger partial charge in [0.2, 0.25) is 5.95 Å². The van der Waals surface area contributed by atoms with Gasteiger partial charge in [0.05, 0.1) is 0 Å². The smallest absolute Gasteiger partial charge is 0.227 e. The Kier molecular flexibility index (Phi) is 5.89. The molecule has 29 heavy (non-hydrogen) atoms. The quantitative estimate of drug-likeness (QED) is 0.635. The van der Waals surface area contributed by atoms with Crippen LogP contribution in [0.3, 0.4) is 0 Å². The number of nitrogens with zero attached hydrogens (tertiary/aromatic N) is 5. The maximum absolute atomic E-state index is 13.2. The van der Waals surface area contributed by atoms with Gasteiger partial charge in [0.15, 0.2) is 0 Å². The highest BCUT2D eigenvalue weighted by molar-refractivity contribution is 5.49. The number of halogens is 1. The molecule has 3 aromatic rings. The summed E-state index contributed by atoms with van der Waals surface area (Å²) in [5.41, 5.74) is 2.32. The lowest BCUT2D eigenvalue weighted by Crippen LogP contribution is -2.47. The molecule has 0 spiro atoms. The van der Waals surface area contributed by atoms with Gasteiger partial charge in [-0.1, -0.05) is 30.3 Å². The van der Waals surface area contributed by atoms with Crippen LogP contribution in [0.15, 0.2) is 66.9 Å². The van der Waals surface area contributed by atoms with Crippen LogP contribution in [-0.4, -0.2) is 42.7 Å². The molecule has 0 atom stereocenters. The summed E-state index contributed by atoms with van der Waals surface area (Å²) in [7, 11) is 0. The van der Waals surface area contributed by atoms with Crippen molar-refractivity contribution in [2.75, 3.05) is 47.4 Å². The molecule has 5 nitrogen and oxygen atoms in total. The van der Waals surface area contributed by atoms with Gasteiger partial charge in [0, 0.05) is 51.2 Å². The molecule has 2 aromatic carbocycles. The second-order valence-corrected chi connectivity index (χ2v) is 7.17. The first-order valence-corrected chi connectivity index (χ1v) is 10.1. The number of benzene rings is 2. The lowest BCUT2D eigenvalue weighted by atomic mass is 10.2. The summed E-state index contributed by atoms with van der Waals surface area (Å²) >= 11 is 0. The van der Waals surface area contributed by atoms with Gasteiger partial charge in [-0.3, -0.25) is 0 Å². The van der Waals surface area contributed by atoms with Crippen LogP contribution in [0.5, 0.6) is 0 Å². The number of hydrogen-bond acceptors (Lipinski definition) is 5. The average molecular weight is 391 g/mol. The second kappa shape index (κ2) is 8.90. The highest BCUT2D eigenvalue weighted by atomic mass is 19.1. The summed E-state index contributed by atoms with van der Waals surface area (Å²) in [6.45, 7) is 7.25. The third kappa shape index (κ3) is 4.65. The van der Waals surface area contributed by atoms with E-state index in [0.29, 0.717) is 0 Å². The molecule has 4 rings (SSSR count). The van der Waals surface area contributed by atoms with Crippen LogP contribution in [0.4, 0.5) is 21.8 Å². The van der Waals surface area contributed by atoms with E-state index in [1.54, 1.807) is 0 Å². The monoisotopic (exact) mass is 391 g/mol. The molecular weight excluding hydrogens is 365 g/mol. The average Bonchev–Trinajstić information content (AvgIpc) is 2.79. The Hall–Kier alpha value is -3.15. The summed E-state index contributed by atoms with van der Waals surface area (Å²) in [5, 5.41) is 0. The first-order valence-electron chi connectivity index (χ1n) is 10.1. The summed E-state index contributed by atoms with van der Waals surface area (Å²) in [5.74, 6) is 1.52. The van der Waals surface area contributed by atoms with Gasteiger partial charge in [-0.25, -0.2) is 9.37 Å². The highest BCUT2D eigenvalue weighted by Crippen LogP contribution is 2.21. The molecule has 150 valence electrons. The van der Waals surface area contributed by atoms with Gasteiger partial charge in [0.25, 0.3) is 0 Å². The first kappa shape index (κ1) is 19.2. The minimum absolute atomic E-state index is 0.200. The van der Waals surface area contributed by atoms with Crippen molar-refractivity contribution in [2.45, 2.75) is 13.5 Å². The van der Waals surface area contributed by atoms with E-state index in [4.69, 9.17) is 4.98 Å². The van der Waals surface area contributed by atoms with Crippen LogP contribution in [0, 0.1) is 5.82 Å². The van der Waals surface area contributed by atoms with Crippen molar-refractivity contribution in [3.8, 4) is 0 Å². The molecule has 1 aliphatic heterocycles. The molecule has 0 aliphatic carbocycles. The molecule has 6 heteroatoms. The van der Waals surface area contributed by atoms with Crippen molar-refractivity contribution < 1.29 is 4.39 Å². The summed E-state index contributed by atoms with van der Waals surface area (Å²) in [6, 6.07) is 19.1. The van der Waals surface area contributed by atoms with Gasteiger partial charge < -0.3 is 14.7 Å². The molecule has 0 radical (unpaired) electrons. The number of anilines is 3. The van der Waals surface area contributed by atoms with E-state index < -0.39 is 0 Å². The van der Waals surface area contributed by atoms with Crippen molar-refractivity contribution >= 4 is 17.5 Å². The molecule has 1 fully saturated rings. The van der Waals surface area contributed by atoms with Gasteiger partial charge in [-0.15, -0.1) is 0 Å². The van der Waals surface area contributed by atoms with Crippen molar-refractivity contribution in [2.24, 2.45) is 0 Å². The van der Waals surface area contributed by atoms with E-state index in [-0.39, 0.29) is 5.82 Å². The van der Waals surface area contributed by atoms with Gasteiger partial charge in [-0.05, 0) is 42.8 Å². The summed E-state index contributed by atoms with van der Waals surface area (Å²) in [4.78, 5) is 16.1. The Morgan fingerprint density at radius 2 is 1.59 bits per heavy atom. The Balaban J connectivity index is 1.43. The zero-order valence-electron chi connectivity index (χ0n) is 16.7. The van der Waals surface area contributed by atoms with Crippen molar-refractivity contribution in [3.63, 3.8) is 0 Å². The van der Waals surface area contributed by atoms with Crippen molar-refractivity contribution in [3.05, 3.63) is 78.2 Å². The molecule has 1 saturated heterocycles. The third-order valence-corrected chi connectivity index (χ3v) is 5.30. The van der Waals surface area contributed by atoms with E-state index in [9.17, 15) is 4.39 Å². The molecular formula is C23H26FN5. The SMILES string of the molecule is CCN(Cc1ccccc1)c1ccnc(N2CCN(c3ccc(F)cc3)CC2)n1. The van der Waals surface area contributed by atoms with Crippen LogP contribution in [-0.2, 0) is 6.54 Å². The Bertz CT molecular complexity index is 908. The molecule has 0 bridgehead atoms. The van der Waals surface area contributed by atoms with Crippen LogP contribution in [0.2, 0.25) is 0 Å². The van der Waals surface area contributed by atoms with Gasteiger partial charge in [-0.2, -0.15) is 4.98 Å². The highest BCUT2D eigenvalue weighted by Gasteiger charge is 2.20. The fourth-order valence-corrected chi connectivity index (χ4v) is 3.64. The minimum Gasteiger partial charge on any atom is -0.368 e. The van der Waals surface area contributed by atoms with Crippen LogP contribution in [0.1, 0.15) is 12.5 Å². The fourth-order valence-electron chi connectivity index (χ4n) is 3.64. The standard InChI is InChI=1S/C23H26FN5/c1-2-27(18-19-6-4-3-5-7-19)22-12-13-25-23(26-22)29-16-14-28(15-17-29)21-10-8-20(24)9-11-21/h3-13H,2,14-18H2,1H3. The van der Waals surface area contributed by atoms with E-state index in [0.717, 1.165) is 56.7 Å². The van der Waals surface area contributed by atoms with Gasteiger partial charge in [0.1, 0.15) is 11.6 Å². The maximum Gasteiger partial charge on any atom is 0.227 e. The van der Waals surface area contributed by atoms with Crippen LogP contribution in [0.25, 0.3) is 0 Å². The zero-order valence-corrected chi connectivity index (χ0v) is 16.7. The van der Waals surface area contributed by atoms with Crippen LogP contribution < -0.4 is 14.7 Å². The van der Waals surface area contributed by atoms with Gasteiger partial charge >= 0.3 is 0 Å². The Labute approximate surface area is 171 Å². The lowest BCUT2D eigenvalue weighted by Gasteiger charge is -2.36. The Morgan fingerprint density at radius 3 is 2.28 bits per heavy atom. The maximum atomic E-state index is 13.2. The second-order valence-electron chi connectivity index (χ2n) is 7.17. The van der Waals surface area contributed by atoms with E-state index in [1.807, 2.05) is 30.5 Å². The normalized spacial score (nSPS) is 14.1. The Morgan fingerprint density at radius 1 is 0.897 bits per heavy atom. The largest absolute Gasteiger partial charge is 0.368 e. The third-order valence-electron chi connectivity index (χ3n) is 5.30. The molecule has 1 aromatic heterocycles. The van der Waals surface area contributed by atoms with Crippen molar-refractivity contribution in [1.29, 1.82) is 0 Å². The predicted molar refractivity (Wildman–Crippen MR) is 116 cm³/mol.